The van der Waals surface area contributed by atoms with Gasteiger partial charge in [-0.2, -0.15) is 0 Å². The summed E-state index contributed by atoms with van der Waals surface area (Å²) in [6, 6.07) is 0. The second-order valence-electron chi connectivity index (χ2n) is 2.06. The summed E-state index contributed by atoms with van der Waals surface area (Å²) in [7, 11) is 0. The molecule has 1 unspecified atom stereocenters. The Labute approximate surface area is 66.6 Å². The second kappa shape index (κ2) is 2.65. The normalized spacial score (nSPS) is 23.8. The number of aliphatic hydroxyl groups excluding tert-OH is 4. The first-order valence-corrected chi connectivity index (χ1v) is 2.94. The largest absolute Gasteiger partial charge is 0.505 e. The first-order valence-electron chi connectivity index (χ1n) is 2.94. The van der Waals surface area contributed by atoms with E-state index in [-0.39, 0.29) is 6.29 Å². The van der Waals surface area contributed by atoms with E-state index < -0.39 is 29.3 Å². The summed E-state index contributed by atoms with van der Waals surface area (Å²) in [4.78, 5) is 10.1. The number of aliphatic hydroxyl groups is 4. The molecule has 0 saturated carbocycles. The van der Waals surface area contributed by atoms with Crippen LogP contribution >= 0.6 is 0 Å². The van der Waals surface area contributed by atoms with Crippen LogP contribution in [-0.2, 0) is 9.53 Å². The molecule has 1 aliphatic heterocycles. The van der Waals surface area contributed by atoms with Crippen molar-refractivity contribution in [2.24, 2.45) is 0 Å². The van der Waals surface area contributed by atoms with Gasteiger partial charge < -0.3 is 25.2 Å². The van der Waals surface area contributed by atoms with Crippen LogP contribution in [0, 0.1) is 0 Å². The van der Waals surface area contributed by atoms with Crippen LogP contribution in [0.2, 0.25) is 0 Å². The molecule has 0 fully saturated rings. The van der Waals surface area contributed by atoms with Crippen molar-refractivity contribution in [2.75, 3.05) is 0 Å². The molecule has 0 spiro atoms. The van der Waals surface area contributed by atoms with Gasteiger partial charge in [0.1, 0.15) is 0 Å². The molecule has 0 aromatic rings. The zero-order valence-corrected chi connectivity index (χ0v) is 5.76. The van der Waals surface area contributed by atoms with Gasteiger partial charge in [-0.15, -0.1) is 0 Å². The highest BCUT2D eigenvalue weighted by atomic mass is 16.6. The number of aldehydes is 1. The molecule has 0 aromatic carbocycles. The maximum atomic E-state index is 10.1. The molecule has 6 nitrogen and oxygen atoms in total. The molecule has 0 amide bonds. The van der Waals surface area contributed by atoms with Crippen molar-refractivity contribution in [3.63, 3.8) is 0 Å². The molecule has 0 aliphatic carbocycles. The van der Waals surface area contributed by atoms with Crippen LogP contribution in [0.3, 0.4) is 0 Å². The summed E-state index contributed by atoms with van der Waals surface area (Å²) in [5.41, 5.74) is 0. The van der Waals surface area contributed by atoms with Gasteiger partial charge in [0.05, 0.1) is 0 Å². The molecule has 1 rings (SSSR count). The predicted molar refractivity (Wildman–Crippen MR) is 35.5 cm³/mol. The lowest BCUT2D eigenvalue weighted by Gasteiger charge is -2.18. The fourth-order valence-electron chi connectivity index (χ4n) is 0.681. The second-order valence-corrected chi connectivity index (χ2v) is 2.06. The third-order valence-corrected chi connectivity index (χ3v) is 1.30. The molecule has 12 heavy (non-hydrogen) atoms. The Hall–Kier alpha value is -1.85. The molecule has 66 valence electrons. The lowest BCUT2D eigenvalue weighted by molar-refractivity contribution is -0.119. The summed E-state index contributed by atoms with van der Waals surface area (Å²) in [5.74, 6) is -3.79. The van der Waals surface area contributed by atoms with E-state index in [0.29, 0.717) is 0 Å². The molecular weight excluding hydrogens is 168 g/mol. The standard InChI is InChI=1S/C6H6O6/c7-1-2-3(8)4(9)5(10)6(11)12-2/h1-2,8-11H. The molecule has 0 aromatic heterocycles. The molecule has 1 heterocycles. The van der Waals surface area contributed by atoms with Crippen LogP contribution in [0.5, 0.6) is 0 Å². The molecule has 1 aliphatic rings. The summed E-state index contributed by atoms with van der Waals surface area (Å²) < 4.78 is 4.28. The highest BCUT2D eigenvalue weighted by Crippen LogP contribution is 2.22. The van der Waals surface area contributed by atoms with Crippen molar-refractivity contribution in [1.82, 2.24) is 0 Å². The SMILES string of the molecule is O=CC1OC(O)=C(O)C(O)=C1O. The van der Waals surface area contributed by atoms with Crippen molar-refractivity contribution in [2.45, 2.75) is 6.10 Å². The third-order valence-electron chi connectivity index (χ3n) is 1.30. The number of ether oxygens (including phenoxy) is 1. The number of rotatable bonds is 1. The van der Waals surface area contributed by atoms with Crippen LogP contribution < -0.4 is 0 Å². The number of carbonyl (C=O) groups excluding carboxylic acids is 1. The van der Waals surface area contributed by atoms with Crippen LogP contribution in [-0.4, -0.2) is 32.8 Å². The average Bonchev–Trinajstić information content (AvgIpc) is 2.08. The Morgan fingerprint density at radius 3 is 2.25 bits per heavy atom. The summed E-state index contributed by atoms with van der Waals surface area (Å²) in [6.45, 7) is 0. The fourth-order valence-corrected chi connectivity index (χ4v) is 0.681. The first-order chi connectivity index (χ1) is 5.57. The van der Waals surface area contributed by atoms with Gasteiger partial charge in [0.25, 0.3) is 0 Å². The van der Waals surface area contributed by atoms with Gasteiger partial charge in [-0.3, -0.25) is 4.79 Å². The van der Waals surface area contributed by atoms with Crippen molar-refractivity contribution >= 4 is 6.29 Å². The maximum Gasteiger partial charge on any atom is 0.326 e. The molecule has 6 heteroatoms. The quantitative estimate of drug-likeness (QED) is 0.423. The van der Waals surface area contributed by atoms with Crippen LogP contribution in [0.15, 0.2) is 23.2 Å². The zero-order valence-electron chi connectivity index (χ0n) is 5.76. The van der Waals surface area contributed by atoms with Crippen molar-refractivity contribution in [3.05, 3.63) is 23.2 Å². The number of carbonyl (C=O) groups is 1. The van der Waals surface area contributed by atoms with E-state index in [1.54, 1.807) is 0 Å². The predicted octanol–water partition coefficient (Wildman–Crippen LogP) is 0.197. The van der Waals surface area contributed by atoms with Crippen LogP contribution in [0.4, 0.5) is 0 Å². The van der Waals surface area contributed by atoms with Gasteiger partial charge in [-0.25, -0.2) is 0 Å². The molecule has 0 bridgehead atoms. The Morgan fingerprint density at radius 2 is 1.75 bits per heavy atom. The molecule has 1 atom stereocenters. The number of hydrogen-bond acceptors (Lipinski definition) is 6. The minimum absolute atomic E-state index is 0.161. The minimum Gasteiger partial charge on any atom is -0.505 e. The average molecular weight is 174 g/mol. The van der Waals surface area contributed by atoms with Gasteiger partial charge in [0, 0.05) is 0 Å². The van der Waals surface area contributed by atoms with E-state index in [0.717, 1.165) is 0 Å². The fraction of sp³-hybridized carbons (Fsp3) is 0.167. The van der Waals surface area contributed by atoms with Crippen LogP contribution in [0.1, 0.15) is 0 Å². The van der Waals surface area contributed by atoms with E-state index in [1.807, 2.05) is 0 Å². The van der Waals surface area contributed by atoms with Gasteiger partial charge in [-0.1, -0.05) is 0 Å². The minimum atomic E-state index is -1.47. The summed E-state index contributed by atoms with van der Waals surface area (Å²) in [6.07, 6.45) is -1.31. The lowest BCUT2D eigenvalue weighted by atomic mass is 10.2. The molecule has 0 radical (unpaired) electrons. The van der Waals surface area contributed by atoms with Gasteiger partial charge in [0.15, 0.2) is 12.0 Å². The monoisotopic (exact) mass is 174 g/mol. The van der Waals surface area contributed by atoms with Gasteiger partial charge in [-0.05, 0) is 0 Å². The van der Waals surface area contributed by atoms with Crippen LogP contribution in [0.25, 0.3) is 0 Å². The van der Waals surface area contributed by atoms with Crippen molar-refractivity contribution < 1.29 is 30.0 Å². The van der Waals surface area contributed by atoms with E-state index >= 15 is 0 Å². The van der Waals surface area contributed by atoms with E-state index in [9.17, 15) is 4.79 Å². The third kappa shape index (κ3) is 1.03. The molecule has 4 N–H and O–H groups in total. The molecular formula is C6H6O6. The highest BCUT2D eigenvalue weighted by Gasteiger charge is 2.30. The van der Waals surface area contributed by atoms with Gasteiger partial charge >= 0.3 is 5.95 Å². The zero-order chi connectivity index (χ0) is 9.30. The lowest BCUT2D eigenvalue weighted by Crippen LogP contribution is -2.24. The van der Waals surface area contributed by atoms with E-state index in [4.69, 9.17) is 20.4 Å². The smallest absolute Gasteiger partial charge is 0.326 e. The molecule has 0 saturated heterocycles. The number of hydrogen-bond donors (Lipinski definition) is 4. The maximum absolute atomic E-state index is 10.1. The summed E-state index contributed by atoms with van der Waals surface area (Å²) >= 11 is 0. The van der Waals surface area contributed by atoms with E-state index in [1.165, 1.54) is 0 Å². The summed E-state index contributed by atoms with van der Waals surface area (Å²) in [5, 5.41) is 35.2. The van der Waals surface area contributed by atoms with E-state index in [2.05, 4.69) is 4.74 Å². The van der Waals surface area contributed by atoms with Gasteiger partial charge in [0.2, 0.25) is 17.6 Å². The first kappa shape index (κ1) is 8.25. The highest BCUT2D eigenvalue weighted by molar-refractivity contribution is 5.62. The Balaban J connectivity index is 3.09. The van der Waals surface area contributed by atoms with Crippen molar-refractivity contribution in [3.8, 4) is 0 Å². The topological polar surface area (TPSA) is 107 Å². The Morgan fingerprint density at radius 1 is 1.17 bits per heavy atom. The Bertz CT molecular complexity index is 276. The Kier molecular flexibility index (Phi) is 1.82. The van der Waals surface area contributed by atoms with Crippen molar-refractivity contribution in [1.29, 1.82) is 0 Å².